The zero-order valence-electron chi connectivity index (χ0n) is 47.5. The van der Waals surface area contributed by atoms with Gasteiger partial charge in [-0.15, -0.1) is 0 Å². The zero-order valence-corrected chi connectivity index (χ0v) is 47.5. The Labute approximate surface area is 455 Å². The molecule has 0 aromatic heterocycles. The van der Waals surface area contributed by atoms with Crippen LogP contribution in [0.3, 0.4) is 0 Å². The van der Waals surface area contributed by atoms with E-state index in [2.05, 4.69) is 167 Å². The summed E-state index contributed by atoms with van der Waals surface area (Å²) in [6.45, 7) is 6.33. The van der Waals surface area contributed by atoms with Crippen molar-refractivity contribution in [3.63, 3.8) is 0 Å². The molecule has 0 aromatic rings. The molecule has 0 aliphatic heterocycles. The number of ether oxygens (including phenoxy) is 3. The molecule has 0 heterocycles. The van der Waals surface area contributed by atoms with Gasteiger partial charge in [0.05, 0.1) is 0 Å². The third kappa shape index (κ3) is 58.2. The molecule has 74 heavy (non-hydrogen) atoms. The molecule has 0 saturated carbocycles. The van der Waals surface area contributed by atoms with Crippen LogP contribution in [0.25, 0.3) is 0 Å². The summed E-state index contributed by atoms with van der Waals surface area (Å²) >= 11 is 0. The first kappa shape index (κ1) is 69.3. The zero-order chi connectivity index (χ0) is 53.6. The van der Waals surface area contributed by atoms with E-state index < -0.39 is 6.10 Å². The van der Waals surface area contributed by atoms with Gasteiger partial charge < -0.3 is 14.2 Å². The standard InChI is InChI=1S/C68H108O6/c1-4-7-10-13-16-19-22-25-27-29-31-32-33-34-35-36-37-39-40-43-46-49-52-55-58-61-67(70)73-64-65(63-72-66(69)60-57-54-51-48-45-42-24-21-18-15-12-9-6-3)74-68(71)62-59-56-53-50-47-44-41-38-30-28-26-23-20-17-14-11-8-5-2/h7,9-10,12,16,18-21,23,25,27-28,30-32,34-35,37,39,42-43,45-46,65H,4-6,8,11,13-15,17,22,24,26,29,33,36,38,40-41,44,47-64H2,1-3H3/b10-7-,12-9-,19-16-,21-18-,23-20-,27-25-,30-28-,32-31-,35-34-,39-37-,45-42-,46-43-. The van der Waals surface area contributed by atoms with Gasteiger partial charge in [-0.1, -0.05) is 231 Å². The Balaban J connectivity index is 4.48. The molecule has 0 aromatic carbocycles. The summed E-state index contributed by atoms with van der Waals surface area (Å²) < 4.78 is 16.8. The lowest BCUT2D eigenvalue weighted by Gasteiger charge is -2.18. The number of unbranched alkanes of at least 4 members (excludes halogenated alkanes) is 17. The Kier molecular flexibility index (Phi) is 57.0. The predicted octanol–water partition coefficient (Wildman–Crippen LogP) is 20.4. The van der Waals surface area contributed by atoms with Crippen LogP contribution < -0.4 is 0 Å². The molecule has 0 spiro atoms. The summed E-state index contributed by atoms with van der Waals surface area (Å²) in [7, 11) is 0. The summed E-state index contributed by atoms with van der Waals surface area (Å²) in [4.78, 5) is 38.2. The van der Waals surface area contributed by atoms with E-state index in [1.165, 1.54) is 57.8 Å². The van der Waals surface area contributed by atoms with Crippen LogP contribution in [-0.2, 0) is 28.6 Å². The van der Waals surface area contributed by atoms with E-state index in [9.17, 15) is 14.4 Å². The number of carbonyl (C=O) groups excluding carboxylic acids is 3. The molecule has 0 fully saturated rings. The van der Waals surface area contributed by atoms with Crippen molar-refractivity contribution < 1.29 is 28.6 Å². The van der Waals surface area contributed by atoms with Crippen LogP contribution >= 0.6 is 0 Å². The van der Waals surface area contributed by atoms with Gasteiger partial charge in [-0.05, 0) is 141 Å². The SMILES string of the molecule is CC/C=C\C/C=C\C/C=C\C/C=C\C/C=C\C/C=C\C/C=C\CCCCCC(=O)OCC(COC(=O)CCCCC/C=C\C/C=C\C/C=C\CC)OC(=O)CCCCCCCCC/C=C\C/C=C\CCCCCC. The maximum atomic E-state index is 12.9. The quantitative estimate of drug-likeness (QED) is 0.0261. The molecule has 0 bridgehead atoms. The molecule has 0 N–H and O–H groups in total. The van der Waals surface area contributed by atoms with E-state index >= 15 is 0 Å². The first-order valence-electron chi connectivity index (χ1n) is 29.8. The fourth-order valence-electron chi connectivity index (χ4n) is 7.64. The summed E-state index contributed by atoms with van der Waals surface area (Å²) in [6.07, 6.45) is 87.0. The molecule has 0 aliphatic rings. The first-order valence-corrected chi connectivity index (χ1v) is 29.8. The molecule has 0 radical (unpaired) electrons. The topological polar surface area (TPSA) is 78.9 Å². The van der Waals surface area contributed by atoms with Gasteiger partial charge >= 0.3 is 17.9 Å². The second-order valence-electron chi connectivity index (χ2n) is 19.1. The summed E-state index contributed by atoms with van der Waals surface area (Å²) in [6, 6.07) is 0. The molecule has 0 rings (SSSR count). The Morgan fingerprint density at radius 3 is 0.838 bits per heavy atom. The van der Waals surface area contributed by atoms with Crippen molar-refractivity contribution in [2.45, 2.75) is 252 Å². The minimum atomic E-state index is -0.816. The Hall–Kier alpha value is -4.71. The van der Waals surface area contributed by atoms with Crippen LogP contribution in [0.1, 0.15) is 245 Å². The number of hydrogen-bond acceptors (Lipinski definition) is 6. The lowest BCUT2D eigenvalue weighted by Crippen LogP contribution is -2.30. The molecule has 1 unspecified atom stereocenters. The van der Waals surface area contributed by atoms with Gasteiger partial charge in [0.25, 0.3) is 0 Å². The van der Waals surface area contributed by atoms with Crippen molar-refractivity contribution in [3.8, 4) is 0 Å². The average molecular weight is 1020 g/mol. The highest BCUT2D eigenvalue weighted by atomic mass is 16.6. The Morgan fingerprint density at radius 2 is 0.527 bits per heavy atom. The average Bonchev–Trinajstić information content (AvgIpc) is 3.40. The van der Waals surface area contributed by atoms with Crippen LogP contribution in [0, 0.1) is 0 Å². The second-order valence-corrected chi connectivity index (χ2v) is 19.1. The fraction of sp³-hybridized carbons (Fsp3) is 0.603. The fourth-order valence-corrected chi connectivity index (χ4v) is 7.64. The number of hydrogen-bond donors (Lipinski definition) is 0. The van der Waals surface area contributed by atoms with Crippen LogP contribution in [0.2, 0.25) is 0 Å². The maximum Gasteiger partial charge on any atom is 0.306 e. The van der Waals surface area contributed by atoms with Crippen molar-refractivity contribution >= 4 is 17.9 Å². The van der Waals surface area contributed by atoms with Crippen molar-refractivity contribution in [1.82, 2.24) is 0 Å². The lowest BCUT2D eigenvalue weighted by atomic mass is 10.1. The van der Waals surface area contributed by atoms with Crippen molar-refractivity contribution in [2.75, 3.05) is 13.2 Å². The molecule has 0 saturated heterocycles. The molecular formula is C68H108O6. The van der Waals surface area contributed by atoms with E-state index in [1.807, 2.05) is 0 Å². The normalized spacial score (nSPS) is 13.2. The van der Waals surface area contributed by atoms with Gasteiger partial charge in [-0.25, -0.2) is 0 Å². The highest BCUT2D eigenvalue weighted by molar-refractivity contribution is 5.71. The van der Waals surface area contributed by atoms with Crippen LogP contribution in [0.4, 0.5) is 0 Å². The number of carbonyl (C=O) groups is 3. The van der Waals surface area contributed by atoms with Crippen LogP contribution in [0.15, 0.2) is 146 Å². The molecule has 0 amide bonds. The van der Waals surface area contributed by atoms with E-state index in [-0.39, 0.29) is 31.1 Å². The van der Waals surface area contributed by atoms with Gasteiger partial charge in [-0.2, -0.15) is 0 Å². The van der Waals surface area contributed by atoms with Crippen molar-refractivity contribution in [3.05, 3.63) is 146 Å². The molecule has 6 nitrogen and oxygen atoms in total. The minimum Gasteiger partial charge on any atom is -0.462 e. The van der Waals surface area contributed by atoms with E-state index in [4.69, 9.17) is 14.2 Å². The van der Waals surface area contributed by atoms with Gasteiger partial charge in [0, 0.05) is 19.3 Å². The molecule has 6 heteroatoms. The maximum absolute atomic E-state index is 12.9. The minimum absolute atomic E-state index is 0.113. The second kappa shape index (κ2) is 60.8. The summed E-state index contributed by atoms with van der Waals surface area (Å²) in [5.74, 6) is -0.985. The van der Waals surface area contributed by atoms with E-state index in [0.29, 0.717) is 19.3 Å². The summed E-state index contributed by atoms with van der Waals surface area (Å²) in [5.41, 5.74) is 0. The lowest BCUT2D eigenvalue weighted by molar-refractivity contribution is -0.167. The third-order valence-corrected chi connectivity index (χ3v) is 12.1. The highest BCUT2D eigenvalue weighted by Crippen LogP contribution is 2.13. The van der Waals surface area contributed by atoms with Gasteiger partial charge in [-0.3, -0.25) is 14.4 Å². The third-order valence-electron chi connectivity index (χ3n) is 12.1. The smallest absolute Gasteiger partial charge is 0.306 e. The predicted molar refractivity (Wildman–Crippen MR) is 320 cm³/mol. The largest absolute Gasteiger partial charge is 0.462 e. The monoisotopic (exact) mass is 1020 g/mol. The Morgan fingerprint density at radius 1 is 0.284 bits per heavy atom. The molecule has 1 atom stereocenters. The highest BCUT2D eigenvalue weighted by Gasteiger charge is 2.19. The van der Waals surface area contributed by atoms with Gasteiger partial charge in [0.15, 0.2) is 6.10 Å². The molecule has 0 aliphatic carbocycles. The number of allylic oxidation sites excluding steroid dienone is 24. The Bertz CT molecular complexity index is 1640. The van der Waals surface area contributed by atoms with Crippen molar-refractivity contribution in [2.24, 2.45) is 0 Å². The van der Waals surface area contributed by atoms with E-state index in [1.54, 1.807) is 0 Å². The van der Waals surface area contributed by atoms with E-state index in [0.717, 1.165) is 148 Å². The van der Waals surface area contributed by atoms with Gasteiger partial charge in [0.2, 0.25) is 0 Å². The van der Waals surface area contributed by atoms with Crippen molar-refractivity contribution in [1.29, 1.82) is 0 Å². The number of rotatable bonds is 52. The molecule has 416 valence electrons. The summed E-state index contributed by atoms with van der Waals surface area (Å²) in [5, 5.41) is 0. The van der Waals surface area contributed by atoms with Crippen LogP contribution in [0.5, 0.6) is 0 Å². The van der Waals surface area contributed by atoms with Gasteiger partial charge in [0.1, 0.15) is 13.2 Å². The van der Waals surface area contributed by atoms with Crippen LogP contribution in [-0.4, -0.2) is 37.2 Å². The first-order chi connectivity index (χ1) is 36.5. The number of esters is 3. The molecular weight excluding hydrogens is 913 g/mol.